The molecular weight excluding hydrogens is 442 g/mol. The third kappa shape index (κ3) is 5.17. The Morgan fingerprint density at radius 3 is 2.79 bits per heavy atom. The minimum absolute atomic E-state index is 0.0371. The van der Waals surface area contributed by atoms with Crippen molar-refractivity contribution in [2.45, 2.75) is 51.9 Å². The van der Waals surface area contributed by atoms with Crippen molar-refractivity contribution in [2.24, 2.45) is 0 Å². The lowest BCUT2D eigenvalue weighted by atomic mass is 10.2. The van der Waals surface area contributed by atoms with Crippen LogP contribution in [0.4, 0.5) is 5.13 Å². The first-order chi connectivity index (χ1) is 16.0. The molecule has 1 aliphatic heterocycles. The van der Waals surface area contributed by atoms with Crippen LogP contribution in [0.2, 0.25) is 0 Å². The van der Waals surface area contributed by atoms with E-state index in [0.29, 0.717) is 36.2 Å². The minimum Gasteiger partial charge on any atom is -0.462 e. The van der Waals surface area contributed by atoms with Gasteiger partial charge in [-0.2, -0.15) is 4.98 Å². The second-order valence-electron chi connectivity index (χ2n) is 8.22. The van der Waals surface area contributed by atoms with Crippen LogP contribution >= 0.6 is 11.3 Å². The molecule has 33 heavy (non-hydrogen) atoms. The molecule has 4 rings (SSSR count). The average molecular weight is 472 g/mol. The van der Waals surface area contributed by atoms with Crippen LogP contribution in [-0.2, 0) is 22.6 Å². The number of anilines is 1. The lowest BCUT2D eigenvalue weighted by Gasteiger charge is -2.23. The predicted octanol–water partition coefficient (Wildman–Crippen LogP) is 2.57. The number of hydrogen-bond donors (Lipinski definition) is 1. The second kappa shape index (κ2) is 10.3. The van der Waals surface area contributed by atoms with Gasteiger partial charge >= 0.3 is 6.01 Å². The molecule has 1 aliphatic rings. The van der Waals surface area contributed by atoms with Crippen molar-refractivity contribution in [3.8, 4) is 6.01 Å². The largest absolute Gasteiger partial charge is 0.462 e. The van der Waals surface area contributed by atoms with E-state index in [2.05, 4.69) is 15.3 Å². The van der Waals surface area contributed by atoms with E-state index in [0.717, 1.165) is 18.4 Å². The summed E-state index contributed by atoms with van der Waals surface area (Å²) in [5.74, 6) is -0.0371. The number of thiazole rings is 1. The number of ether oxygens (including phenoxy) is 2. The summed E-state index contributed by atoms with van der Waals surface area (Å²) in [4.78, 5) is 37.8. The highest BCUT2D eigenvalue weighted by molar-refractivity contribution is 7.21. The summed E-state index contributed by atoms with van der Waals surface area (Å²) in [6.07, 6.45) is 1.49. The molecule has 0 unspecified atom stereocenters. The Labute approximate surface area is 196 Å². The van der Waals surface area contributed by atoms with Gasteiger partial charge in [-0.05, 0) is 32.3 Å². The number of benzene rings is 1. The SMILES string of the molecule is COCCn1c(OC(C)C)nc2sc(N3CCC[C@@H]3C(=O)NCc3ccccc3)nc2c1=O. The minimum atomic E-state index is -0.323. The molecule has 1 fully saturated rings. The van der Waals surface area contributed by atoms with Crippen molar-refractivity contribution in [1.82, 2.24) is 19.9 Å². The van der Waals surface area contributed by atoms with Gasteiger partial charge < -0.3 is 19.7 Å². The molecule has 3 aromatic rings. The van der Waals surface area contributed by atoms with E-state index in [1.165, 1.54) is 15.9 Å². The number of hydrogen-bond acceptors (Lipinski definition) is 8. The lowest BCUT2D eigenvalue weighted by molar-refractivity contribution is -0.122. The highest BCUT2D eigenvalue weighted by atomic mass is 32.1. The van der Waals surface area contributed by atoms with Crippen molar-refractivity contribution in [3.05, 3.63) is 46.2 Å². The van der Waals surface area contributed by atoms with Gasteiger partial charge in [0.25, 0.3) is 5.56 Å². The van der Waals surface area contributed by atoms with Gasteiger partial charge in [0.05, 0.1) is 19.3 Å². The van der Waals surface area contributed by atoms with Crippen molar-refractivity contribution in [3.63, 3.8) is 0 Å². The van der Waals surface area contributed by atoms with Crippen molar-refractivity contribution in [1.29, 1.82) is 0 Å². The molecule has 9 nitrogen and oxygen atoms in total. The summed E-state index contributed by atoms with van der Waals surface area (Å²) < 4.78 is 12.4. The zero-order chi connectivity index (χ0) is 23.4. The molecule has 1 aromatic carbocycles. The summed E-state index contributed by atoms with van der Waals surface area (Å²) in [7, 11) is 1.58. The van der Waals surface area contributed by atoms with Crippen LogP contribution in [0.15, 0.2) is 35.1 Å². The fourth-order valence-corrected chi connectivity index (χ4v) is 4.85. The topological polar surface area (TPSA) is 98.6 Å². The fraction of sp³-hybridized carbons (Fsp3) is 0.478. The van der Waals surface area contributed by atoms with Gasteiger partial charge in [0.15, 0.2) is 15.5 Å². The maximum atomic E-state index is 13.2. The Kier molecular flexibility index (Phi) is 7.24. The van der Waals surface area contributed by atoms with Gasteiger partial charge in [-0.15, -0.1) is 0 Å². The van der Waals surface area contributed by atoms with Crippen molar-refractivity contribution >= 4 is 32.7 Å². The number of aromatic nitrogens is 3. The molecule has 1 amide bonds. The molecule has 0 aliphatic carbocycles. The van der Waals surface area contributed by atoms with Crippen LogP contribution in [0, 0.1) is 0 Å². The molecule has 0 saturated carbocycles. The van der Waals surface area contributed by atoms with Gasteiger partial charge in [0.2, 0.25) is 5.91 Å². The van der Waals surface area contributed by atoms with Crippen molar-refractivity contribution in [2.75, 3.05) is 25.2 Å². The van der Waals surface area contributed by atoms with Crippen molar-refractivity contribution < 1.29 is 14.3 Å². The molecule has 1 N–H and O–H groups in total. The zero-order valence-corrected chi connectivity index (χ0v) is 19.9. The Balaban J connectivity index is 1.59. The van der Waals surface area contributed by atoms with E-state index in [1.807, 2.05) is 49.1 Å². The van der Waals surface area contributed by atoms with Gasteiger partial charge in [-0.1, -0.05) is 41.7 Å². The molecule has 176 valence electrons. The van der Waals surface area contributed by atoms with Crippen LogP contribution in [-0.4, -0.2) is 52.8 Å². The summed E-state index contributed by atoms with van der Waals surface area (Å²) in [5.41, 5.74) is 1.07. The molecule has 1 atom stereocenters. The molecule has 1 saturated heterocycles. The standard InChI is InChI=1S/C23H29N5O4S/c1-15(2)32-22-26-20-18(21(30)28(22)12-13-31-3)25-23(33-20)27-11-7-10-17(27)19(29)24-14-16-8-5-4-6-9-16/h4-6,8-9,15,17H,7,10-14H2,1-3H3,(H,24,29)/t17-/m1/s1. The van der Waals surface area contributed by atoms with Gasteiger partial charge in [0, 0.05) is 20.2 Å². The maximum absolute atomic E-state index is 13.2. The quantitative estimate of drug-likeness (QED) is 0.512. The van der Waals surface area contributed by atoms with E-state index >= 15 is 0 Å². The van der Waals surface area contributed by atoms with Gasteiger partial charge in [0.1, 0.15) is 6.04 Å². The van der Waals surface area contributed by atoms with Gasteiger partial charge in [-0.25, -0.2) is 4.98 Å². The van der Waals surface area contributed by atoms with E-state index in [9.17, 15) is 9.59 Å². The third-order valence-electron chi connectivity index (χ3n) is 5.44. The molecule has 0 bridgehead atoms. The Bertz CT molecular complexity index is 1160. The van der Waals surface area contributed by atoms with Crippen LogP contribution in [0.25, 0.3) is 10.3 Å². The first-order valence-corrected chi connectivity index (χ1v) is 11.9. The number of rotatable bonds is 9. The summed E-state index contributed by atoms with van der Waals surface area (Å²) >= 11 is 1.32. The fourth-order valence-electron chi connectivity index (χ4n) is 3.85. The predicted molar refractivity (Wildman–Crippen MR) is 128 cm³/mol. The lowest BCUT2D eigenvalue weighted by Crippen LogP contribution is -2.43. The number of amides is 1. The van der Waals surface area contributed by atoms with E-state index in [1.54, 1.807) is 7.11 Å². The number of fused-ring (bicyclic) bond motifs is 1. The summed E-state index contributed by atoms with van der Waals surface area (Å²) in [5, 5.41) is 3.66. The van der Waals surface area contributed by atoms with Gasteiger partial charge in [-0.3, -0.25) is 14.2 Å². The highest BCUT2D eigenvalue weighted by Gasteiger charge is 2.33. The molecule has 10 heteroatoms. The number of methoxy groups -OCH3 is 1. The molecule has 2 aromatic heterocycles. The first-order valence-electron chi connectivity index (χ1n) is 11.1. The smallest absolute Gasteiger partial charge is 0.300 e. The molecule has 0 radical (unpaired) electrons. The normalized spacial score (nSPS) is 16.0. The molecule has 3 heterocycles. The second-order valence-corrected chi connectivity index (χ2v) is 9.17. The number of carbonyl (C=O) groups is 1. The summed E-state index contributed by atoms with van der Waals surface area (Å²) in [6, 6.07) is 9.76. The van der Waals surface area contributed by atoms with E-state index < -0.39 is 0 Å². The average Bonchev–Trinajstić information content (AvgIpc) is 3.45. The first kappa shape index (κ1) is 23.2. The van der Waals surface area contributed by atoms with E-state index in [-0.39, 0.29) is 35.1 Å². The Morgan fingerprint density at radius 1 is 1.27 bits per heavy atom. The molecule has 0 spiro atoms. The van der Waals surface area contributed by atoms with Crippen LogP contribution in [0.1, 0.15) is 32.3 Å². The highest BCUT2D eigenvalue weighted by Crippen LogP contribution is 2.32. The number of nitrogens with zero attached hydrogens (tertiary/aromatic N) is 4. The monoisotopic (exact) mass is 471 g/mol. The van der Waals surface area contributed by atoms with Crippen LogP contribution in [0.5, 0.6) is 6.01 Å². The van der Waals surface area contributed by atoms with E-state index in [4.69, 9.17) is 9.47 Å². The maximum Gasteiger partial charge on any atom is 0.300 e. The Hall–Kier alpha value is -2.98. The number of carbonyl (C=O) groups excluding carboxylic acids is 1. The van der Waals surface area contributed by atoms with Crippen LogP contribution < -0.4 is 20.5 Å². The Morgan fingerprint density at radius 2 is 2.06 bits per heavy atom. The third-order valence-corrected chi connectivity index (χ3v) is 6.43. The number of nitrogens with one attached hydrogen (secondary N) is 1. The van der Waals surface area contributed by atoms with Crippen LogP contribution in [0.3, 0.4) is 0 Å². The zero-order valence-electron chi connectivity index (χ0n) is 19.1. The summed E-state index contributed by atoms with van der Waals surface area (Å²) in [6.45, 7) is 5.63. The molecular formula is C23H29N5O4S.